The van der Waals surface area contributed by atoms with Gasteiger partial charge in [0.2, 0.25) is 5.95 Å². The molecule has 2 aromatic heterocycles. The zero-order valence-electron chi connectivity index (χ0n) is 10.9. The number of nitrogens with one attached hydrogen (secondary N) is 2. The number of hydrogen-bond donors (Lipinski definition) is 2. The van der Waals surface area contributed by atoms with Crippen LogP contribution in [0.1, 0.15) is 17.1 Å². The lowest BCUT2D eigenvalue weighted by molar-refractivity contribution is 0.580. The van der Waals surface area contributed by atoms with Gasteiger partial charge in [-0.1, -0.05) is 6.07 Å². The Balaban J connectivity index is 1.50. The maximum absolute atomic E-state index is 4.59. The Bertz CT molecular complexity index is 487. The van der Waals surface area contributed by atoms with Crippen molar-refractivity contribution < 1.29 is 0 Å². The first kappa shape index (κ1) is 12.6. The molecule has 0 aromatic carbocycles. The van der Waals surface area contributed by atoms with Crippen molar-refractivity contribution in [3.63, 3.8) is 0 Å². The maximum atomic E-state index is 4.59. The van der Waals surface area contributed by atoms with E-state index in [4.69, 9.17) is 0 Å². The van der Waals surface area contributed by atoms with Crippen LogP contribution in [0, 0.1) is 0 Å². The van der Waals surface area contributed by atoms with Crippen LogP contribution < -0.4 is 10.2 Å². The third-order valence-electron chi connectivity index (χ3n) is 3.34. The monoisotopic (exact) mass is 277 g/mol. The molecule has 2 aromatic rings. The molecule has 0 bridgehead atoms. The number of aromatic amines is 1. The number of thiophene rings is 1. The summed E-state index contributed by atoms with van der Waals surface area (Å²) in [6.07, 6.45) is 3.22. The zero-order valence-corrected chi connectivity index (χ0v) is 11.7. The van der Waals surface area contributed by atoms with Gasteiger partial charge >= 0.3 is 0 Å². The molecule has 6 heteroatoms. The summed E-state index contributed by atoms with van der Waals surface area (Å²) >= 11 is 1.82. The van der Waals surface area contributed by atoms with Crippen LogP contribution in [-0.4, -0.2) is 41.4 Å². The van der Waals surface area contributed by atoms with Crippen molar-refractivity contribution in [1.29, 1.82) is 0 Å². The molecular formula is C13H19N5S. The molecule has 19 heavy (non-hydrogen) atoms. The zero-order chi connectivity index (χ0) is 12.9. The van der Waals surface area contributed by atoms with Crippen molar-refractivity contribution in [2.24, 2.45) is 0 Å². The second-order valence-corrected chi connectivity index (χ2v) is 5.78. The second kappa shape index (κ2) is 6.16. The van der Waals surface area contributed by atoms with Crippen molar-refractivity contribution in [2.75, 3.05) is 31.1 Å². The average molecular weight is 277 g/mol. The second-order valence-electron chi connectivity index (χ2n) is 4.75. The van der Waals surface area contributed by atoms with Gasteiger partial charge in [0, 0.05) is 37.5 Å². The van der Waals surface area contributed by atoms with E-state index in [1.165, 1.54) is 4.88 Å². The van der Waals surface area contributed by atoms with E-state index < -0.39 is 0 Å². The van der Waals surface area contributed by atoms with Gasteiger partial charge in [0.1, 0.15) is 5.82 Å². The predicted octanol–water partition coefficient (Wildman–Crippen LogP) is 1.45. The SMILES string of the molecule is c1csc(CCCc2nc(N3CCNCC3)n[nH]2)c1. The largest absolute Gasteiger partial charge is 0.337 e. The first-order valence-corrected chi connectivity index (χ1v) is 7.69. The molecule has 0 radical (unpaired) electrons. The summed E-state index contributed by atoms with van der Waals surface area (Å²) in [5.74, 6) is 1.86. The minimum atomic E-state index is 0.854. The lowest BCUT2D eigenvalue weighted by atomic mass is 10.2. The van der Waals surface area contributed by atoms with Crippen LogP contribution in [0.5, 0.6) is 0 Å². The molecule has 1 saturated heterocycles. The number of H-pyrrole nitrogens is 1. The van der Waals surface area contributed by atoms with Gasteiger partial charge in [0.05, 0.1) is 0 Å². The van der Waals surface area contributed by atoms with Crippen LogP contribution in [-0.2, 0) is 12.8 Å². The van der Waals surface area contributed by atoms with E-state index in [9.17, 15) is 0 Å². The van der Waals surface area contributed by atoms with Gasteiger partial charge in [-0.2, -0.15) is 4.98 Å². The molecular weight excluding hydrogens is 258 g/mol. The number of aromatic nitrogens is 3. The van der Waals surface area contributed by atoms with E-state index in [-0.39, 0.29) is 0 Å². The van der Waals surface area contributed by atoms with Gasteiger partial charge in [0.25, 0.3) is 0 Å². The molecule has 0 unspecified atom stereocenters. The Hall–Kier alpha value is -1.40. The minimum Gasteiger partial charge on any atom is -0.337 e. The van der Waals surface area contributed by atoms with E-state index in [1.54, 1.807) is 0 Å². The third-order valence-corrected chi connectivity index (χ3v) is 4.27. The molecule has 3 rings (SSSR count). The molecule has 5 nitrogen and oxygen atoms in total. The van der Waals surface area contributed by atoms with Gasteiger partial charge in [-0.05, 0) is 24.3 Å². The molecule has 0 saturated carbocycles. The van der Waals surface area contributed by atoms with Crippen molar-refractivity contribution >= 4 is 17.3 Å². The molecule has 0 aliphatic carbocycles. The molecule has 1 aliphatic rings. The van der Waals surface area contributed by atoms with Gasteiger partial charge < -0.3 is 10.2 Å². The predicted molar refractivity (Wildman–Crippen MR) is 77.8 cm³/mol. The molecule has 0 amide bonds. The van der Waals surface area contributed by atoms with Crippen LogP contribution in [0.3, 0.4) is 0 Å². The number of rotatable bonds is 5. The quantitative estimate of drug-likeness (QED) is 0.868. The molecule has 0 spiro atoms. The molecule has 0 atom stereocenters. The maximum Gasteiger partial charge on any atom is 0.244 e. The molecule has 1 aliphatic heterocycles. The van der Waals surface area contributed by atoms with Crippen LogP contribution in [0.2, 0.25) is 0 Å². The highest BCUT2D eigenvalue weighted by Crippen LogP contribution is 2.13. The van der Waals surface area contributed by atoms with E-state index >= 15 is 0 Å². The molecule has 102 valence electrons. The lowest BCUT2D eigenvalue weighted by Crippen LogP contribution is -2.44. The Morgan fingerprint density at radius 2 is 2.16 bits per heavy atom. The summed E-state index contributed by atoms with van der Waals surface area (Å²) in [5, 5.41) is 12.8. The number of piperazine rings is 1. The standard InChI is InChI=1S/C13H19N5S/c1(3-11-4-2-10-19-11)5-12-15-13(17-16-12)18-8-6-14-7-9-18/h2,4,10,14H,1,3,5-9H2,(H,15,16,17). The summed E-state index contributed by atoms with van der Waals surface area (Å²) in [4.78, 5) is 8.27. The number of nitrogens with zero attached hydrogens (tertiary/aromatic N) is 3. The van der Waals surface area contributed by atoms with Gasteiger partial charge in [-0.15, -0.1) is 16.4 Å². The number of aryl methyl sites for hydroxylation is 2. The van der Waals surface area contributed by atoms with Crippen molar-refractivity contribution in [1.82, 2.24) is 20.5 Å². The van der Waals surface area contributed by atoms with Crippen LogP contribution >= 0.6 is 11.3 Å². The molecule has 3 heterocycles. The number of hydrogen-bond acceptors (Lipinski definition) is 5. The van der Waals surface area contributed by atoms with Gasteiger partial charge in [-0.25, -0.2) is 0 Å². The Morgan fingerprint density at radius 3 is 2.95 bits per heavy atom. The van der Waals surface area contributed by atoms with Crippen LogP contribution in [0.15, 0.2) is 17.5 Å². The first-order chi connectivity index (χ1) is 9.42. The number of anilines is 1. The van der Waals surface area contributed by atoms with Crippen molar-refractivity contribution in [3.8, 4) is 0 Å². The third kappa shape index (κ3) is 3.33. The molecule has 1 fully saturated rings. The fourth-order valence-corrected chi connectivity index (χ4v) is 3.04. The highest BCUT2D eigenvalue weighted by Gasteiger charge is 2.14. The summed E-state index contributed by atoms with van der Waals surface area (Å²) in [6, 6.07) is 4.30. The fraction of sp³-hybridized carbons (Fsp3) is 0.538. The van der Waals surface area contributed by atoms with Crippen LogP contribution in [0.4, 0.5) is 5.95 Å². The van der Waals surface area contributed by atoms with Crippen molar-refractivity contribution in [3.05, 3.63) is 28.2 Å². The smallest absolute Gasteiger partial charge is 0.244 e. The lowest BCUT2D eigenvalue weighted by Gasteiger charge is -2.25. The highest BCUT2D eigenvalue weighted by molar-refractivity contribution is 7.09. The summed E-state index contributed by atoms with van der Waals surface area (Å²) in [6.45, 7) is 4.02. The molecule has 2 N–H and O–H groups in total. The highest BCUT2D eigenvalue weighted by atomic mass is 32.1. The summed E-state index contributed by atoms with van der Waals surface area (Å²) in [5.41, 5.74) is 0. The Kier molecular flexibility index (Phi) is 4.10. The summed E-state index contributed by atoms with van der Waals surface area (Å²) < 4.78 is 0. The van der Waals surface area contributed by atoms with Gasteiger partial charge in [-0.3, -0.25) is 5.10 Å². The average Bonchev–Trinajstić information content (AvgIpc) is 3.11. The Morgan fingerprint density at radius 1 is 1.26 bits per heavy atom. The van der Waals surface area contributed by atoms with Crippen LogP contribution in [0.25, 0.3) is 0 Å². The fourth-order valence-electron chi connectivity index (χ4n) is 2.29. The van der Waals surface area contributed by atoms with Crippen molar-refractivity contribution in [2.45, 2.75) is 19.3 Å². The normalized spacial score (nSPS) is 15.9. The Labute approximate surface area is 117 Å². The van der Waals surface area contributed by atoms with Gasteiger partial charge in [0.15, 0.2) is 0 Å². The van der Waals surface area contributed by atoms with E-state index in [0.29, 0.717) is 0 Å². The summed E-state index contributed by atoms with van der Waals surface area (Å²) in [7, 11) is 0. The van der Waals surface area contributed by atoms with E-state index in [1.807, 2.05) is 11.3 Å². The van der Waals surface area contributed by atoms with E-state index in [2.05, 4.69) is 42.9 Å². The topological polar surface area (TPSA) is 56.8 Å². The van der Waals surface area contributed by atoms with E-state index in [0.717, 1.165) is 57.2 Å². The first-order valence-electron chi connectivity index (χ1n) is 6.81. The minimum absolute atomic E-state index is 0.854.